The maximum absolute atomic E-state index is 11.5. The third-order valence-corrected chi connectivity index (χ3v) is 4.98. The number of carbonyl (C=O) groups is 4. The first-order valence-corrected chi connectivity index (χ1v) is 10.8. The summed E-state index contributed by atoms with van der Waals surface area (Å²) in [6.45, 7) is 0. The fourth-order valence-electron chi connectivity index (χ4n) is 3.03. The van der Waals surface area contributed by atoms with Crippen molar-refractivity contribution in [2.24, 2.45) is 5.92 Å². The van der Waals surface area contributed by atoms with E-state index >= 15 is 0 Å². The summed E-state index contributed by atoms with van der Waals surface area (Å²) in [6.07, 6.45) is 1.34. The smallest absolute Gasteiger partial charge is 0.345 e. The Morgan fingerprint density at radius 1 is 0.711 bits per heavy atom. The number of benzene rings is 2. The van der Waals surface area contributed by atoms with Crippen molar-refractivity contribution in [3.63, 3.8) is 0 Å². The van der Waals surface area contributed by atoms with Crippen molar-refractivity contribution in [1.82, 2.24) is 0 Å². The Bertz CT molecular complexity index is 1130. The van der Waals surface area contributed by atoms with Crippen molar-refractivity contribution in [3.8, 4) is 23.0 Å². The number of aromatic hydroxyl groups is 2. The van der Waals surface area contributed by atoms with Crippen molar-refractivity contribution in [3.05, 3.63) is 53.1 Å². The van der Waals surface area contributed by atoms with E-state index in [9.17, 15) is 29.4 Å². The SMILES string of the molecule is COC(=O)C(=Cc1ccc(OC)c(O)c1)C(=O)OC.COC(=O)C(Cc1ccc(OC)c(O)c1)C(=O)OC. The molecule has 12 nitrogen and oxygen atoms in total. The van der Waals surface area contributed by atoms with Gasteiger partial charge in [0.15, 0.2) is 28.9 Å². The lowest BCUT2D eigenvalue weighted by atomic mass is 9.99. The predicted octanol–water partition coefficient (Wildman–Crippen LogP) is 2.04. The highest BCUT2D eigenvalue weighted by molar-refractivity contribution is 6.17. The fourth-order valence-corrected chi connectivity index (χ4v) is 3.03. The average Bonchev–Trinajstić information content (AvgIpc) is 2.93. The second-order valence-electron chi connectivity index (χ2n) is 7.28. The van der Waals surface area contributed by atoms with Crippen LogP contribution in [0.2, 0.25) is 0 Å². The van der Waals surface area contributed by atoms with Crippen molar-refractivity contribution in [2.75, 3.05) is 42.7 Å². The molecular weight excluding hydrogens is 504 g/mol. The molecule has 0 aliphatic heterocycles. The maximum Gasteiger partial charge on any atom is 0.345 e. The molecule has 0 atom stereocenters. The van der Waals surface area contributed by atoms with Gasteiger partial charge >= 0.3 is 23.9 Å². The third kappa shape index (κ3) is 8.73. The van der Waals surface area contributed by atoms with Crippen LogP contribution in [0.15, 0.2) is 42.0 Å². The van der Waals surface area contributed by atoms with Crippen LogP contribution in [0.1, 0.15) is 11.1 Å². The monoisotopic (exact) mass is 534 g/mol. The number of ether oxygens (including phenoxy) is 6. The summed E-state index contributed by atoms with van der Waals surface area (Å²) < 4.78 is 27.9. The number of phenols is 2. The lowest BCUT2D eigenvalue weighted by Gasteiger charge is -2.13. The normalized spacial score (nSPS) is 9.76. The summed E-state index contributed by atoms with van der Waals surface area (Å²) in [4.78, 5) is 45.9. The van der Waals surface area contributed by atoms with Crippen LogP contribution in [0, 0.1) is 5.92 Å². The second kappa shape index (κ2) is 15.4. The molecular formula is C26H30O12. The van der Waals surface area contributed by atoms with Gasteiger partial charge in [-0.2, -0.15) is 0 Å². The molecule has 0 aliphatic carbocycles. The second-order valence-corrected chi connectivity index (χ2v) is 7.28. The first-order chi connectivity index (χ1) is 18.1. The van der Waals surface area contributed by atoms with Crippen molar-refractivity contribution < 1.29 is 57.8 Å². The van der Waals surface area contributed by atoms with Gasteiger partial charge in [0.1, 0.15) is 5.57 Å². The molecule has 0 saturated carbocycles. The van der Waals surface area contributed by atoms with E-state index in [0.717, 1.165) is 14.2 Å². The van der Waals surface area contributed by atoms with E-state index < -0.39 is 29.8 Å². The van der Waals surface area contributed by atoms with Gasteiger partial charge in [0.2, 0.25) is 0 Å². The molecule has 0 aliphatic rings. The summed E-state index contributed by atoms with van der Waals surface area (Å²) in [5.74, 6) is -3.61. The van der Waals surface area contributed by atoms with Gasteiger partial charge in [0.05, 0.1) is 42.7 Å². The van der Waals surface area contributed by atoms with E-state index in [1.807, 2.05) is 0 Å². The number of hydrogen-bond donors (Lipinski definition) is 2. The fraction of sp³-hybridized carbons (Fsp3) is 0.308. The molecule has 2 aromatic carbocycles. The van der Waals surface area contributed by atoms with E-state index in [1.54, 1.807) is 18.2 Å². The Kier molecular flexibility index (Phi) is 12.7. The van der Waals surface area contributed by atoms with Crippen LogP contribution < -0.4 is 9.47 Å². The molecule has 0 unspecified atom stereocenters. The zero-order chi connectivity index (χ0) is 28.8. The van der Waals surface area contributed by atoms with Crippen molar-refractivity contribution >= 4 is 30.0 Å². The zero-order valence-corrected chi connectivity index (χ0v) is 21.8. The summed E-state index contributed by atoms with van der Waals surface area (Å²) >= 11 is 0. The summed E-state index contributed by atoms with van der Waals surface area (Å²) in [7, 11) is 7.56. The molecule has 0 aromatic heterocycles. The van der Waals surface area contributed by atoms with Crippen LogP contribution in [-0.4, -0.2) is 76.7 Å². The Morgan fingerprint density at radius 3 is 1.58 bits per heavy atom. The van der Waals surface area contributed by atoms with Gasteiger partial charge < -0.3 is 38.6 Å². The quantitative estimate of drug-likeness (QED) is 0.158. The Balaban J connectivity index is 0.000000380. The van der Waals surface area contributed by atoms with Gasteiger partial charge in [-0.1, -0.05) is 12.1 Å². The highest BCUT2D eigenvalue weighted by Gasteiger charge is 2.29. The summed E-state index contributed by atoms with van der Waals surface area (Å²) in [5, 5.41) is 19.2. The molecule has 0 fully saturated rings. The van der Waals surface area contributed by atoms with Gasteiger partial charge in [0.25, 0.3) is 0 Å². The Labute approximate surface area is 219 Å². The maximum atomic E-state index is 11.5. The van der Waals surface area contributed by atoms with E-state index in [-0.39, 0.29) is 29.2 Å². The van der Waals surface area contributed by atoms with E-state index in [0.29, 0.717) is 16.9 Å². The van der Waals surface area contributed by atoms with E-state index in [2.05, 4.69) is 18.9 Å². The molecule has 0 radical (unpaired) electrons. The van der Waals surface area contributed by atoms with Gasteiger partial charge in [-0.05, 0) is 47.9 Å². The average molecular weight is 535 g/mol. The predicted molar refractivity (Wildman–Crippen MR) is 133 cm³/mol. The molecule has 0 amide bonds. The topological polar surface area (TPSA) is 164 Å². The van der Waals surface area contributed by atoms with Crippen molar-refractivity contribution in [1.29, 1.82) is 0 Å². The molecule has 12 heteroatoms. The highest BCUT2D eigenvalue weighted by atomic mass is 16.6. The minimum atomic E-state index is -1.05. The molecule has 2 N–H and O–H groups in total. The number of carbonyl (C=O) groups excluding carboxylic acids is 4. The van der Waals surface area contributed by atoms with Crippen LogP contribution in [-0.2, 0) is 44.5 Å². The minimum absolute atomic E-state index is 0.0616. The molecule has 206 valence electrons. The molecule has 0 spiro atoms. The summed E-state index contributed by atoms with van der Waals surface area (Å²) in [6, 6.07) is 9.06. The number of rotatable bonds is 9. The zero-order valence-electron chi connectivity index (χ0n) is 21.8. The number of methoxy groups -OCH3 is 6. The first kappa shape index (κ1) is 31.3. The minimum Gasteiger partial charge on any atom is -0.504 e. The lowest BCUT2D eigenvalue weighted by Crippen LogP contribution is -2.28. The van der Waals surface area contributed by atoms with Crippen LogP contribution in [0.5, 0.6) is 23.0 Å². The van der Waals surface area contributed by atoms with Crippen LogP contribution in [0.3, 0.4) is 0 Å². The Morgan fingerprint density at radius 2 is 1.18 bits per heavy atom. The van der Waals surface area contributed by atoms with Gasteiger partial charge in [0, 0.05) is 0 Å². The number of hydrogen-bond acceptors (Lipinski definition) is 12. The van der Waals surface area contributed by atoms with E-state index in [4.69, 9.17) is 9.47 Å². The first-order valence-electron chi connectivity index (χ1n) is 10.8. The van der Waals surface area contributed by atoms with Crippen LogP contribution in [0.4, 0.5) is 0 Å². The Hall–Kier alpha value is -4.74. The molecule has 38 heavy (non-hydrogen) atoms. The molecule has 2 rings (SSSR count). The molecule has 0 bridgehead atoms. The molecule has 0 heterocycles. The molecule has 2 aromatic rings. The van der Waals surface area contributed by atoms with Gasteiger partial charge in [-0.25, -0.2) is 9.59 Å². The van der Waals surface area contributed by atoms with Gasteiger partial charge in [-0.3, -0.25) is 9.59 Å². The van der Waals surface area contributed by atoms with Crippen LogP contribution in [0.25, 0.3) is 6.08 Å². The third-order valence-electron chi connectivity index (χ3n) is 4.98. The number of esters is 4. The lowest BCUT2D eigenvalue weighted by molar-refractivity contribution is -0.158. The molecule has 0 saturated heterocycles. The largest absolute Gasteiger partial charge is 0.504 e. The van der Waals surface area contributed by atoms with Gasteiger partial charge in [-0.15, -0.1) is 0 Å². The number of phenolic OH excluding ortho intramolecular Hbond substituents is 2. The highest BCUT2D eigenvalue weighted by Crippen LogP contribution is 2.28. The standard InChI is InChI=1S/C13H16O6.C13H14O6/c2*1-17-11-5-4-8(7-10(11)14)6-9(12(15)18-2)13(16)19-3/h4-5,7,9,14H,6H2,1-3H3;4-7,14H,1-3H3. The van der Waals surface area contributed by atoms with Crippen molar-refractivity contribution in [2.45, 2.75) is 6.42 Å². The van der Waals surface area contributed by atoms with E-state index in [1.165, 1.54) is 52.7 Å². The van der Waals surface area contributed by atoms with Crippen LogP contribution >= 0.6 is 0 Å². The summed E-state index contributed by atoms with van der Waals surface area (Å²) in [5.41, 5.74) is 0.762.